The lowest BCUT2D eigenvalue weighted by molar-refractivity contribution is -0.329. The molecule has 9 fully saturated rings. The van der Waals surface area contributed by atoms with E-state index >= 15 is 4.79 Å². The number of hydrogen-bond acceptors (Lipinski definition) is 7. The monoisotopic (exact) mass is 1210 g/mol. The van der Waals surface area contributed by atoms with Crippen LogP contribution in [0.3, 0.4) is 0 Å². The van der Waals surface area contributed by atoms with E-state index in [1.807, 2.05) is 5.57 Å². The van der Waals surface area contributed by atoms with Crippen LogP contribution in [0.5, 0.6) is 0 Å². The molecule has 90 heavy (non-hydrogen) atoms. The summed E-state index contributed by atoms with van der Waals surface area (Å²) in [6, 6.07) is 35.6. The quantitative estimate of drug-likeness (QED) is 0.0803. The van der Waals surface area contributed by atoms with Crippen molar-refractivity contribution in [3.05, 3.63) is 142 Å². The number of hydrogen-bond donors (Lipinski definition) is 3. The van der Waals surface area contributed by atoms with Crippen molar-refractivity contribution in [1.82, 2.24) is 0 Å². The first-order chi connectivity index (χ1) is 43.7. The van der Waals surface area contributed by atoms with Gasteiger partial charge in [-0.1, -0.05) is 168 Å². The van der Waals surface area contributed by atoms with Crippen LogP contribution < -0.4 is 0 Å². The van der Waals surface area contributed by atoms with Crippen LogP contribution in [0.2, 0.25) is 0 Å². The van der Waals surface area contributed by atoms with Crippen molar-refractivity contribution in [3.63, 3.8) is 0 Å². The van der Waals surface area contributed by atoms with Gasteiger partial charge in [0.15, 0.2) is 0 Å². The number of rotatable bonds is 15. The third-order valence-corrected chi connectivity index (χ3v) is 30.7. The van der Waals surface area contributed by atoms with E-state index in [9.17, 15) is 20.1 Å². The number of benzene rings is 4. The summed E-state index contributed by atoms with van der Waals surface area (Å²) in [6.45, 7) is 7.20. The first-order valence-electron chi connectivity index (χ1n) is 37.2. The number of carbonyl (C=O) groups is 2. The second kappa shape index (κ2) is 21.7. The molecule has 1 aliphatic heterocycles. The van der Waals surface area contributed by atoms with Crippen molar-refractivity contribution < 1.29 is 34.4 Å². The van der Waals surface area contributed by atoms with Gasteiger partial charge in [0.05, 0.1) is 29.1 Å². The number of fused-ring (bicyclic) bond motifs is 5. The van der Waals surface area contributed by atoms with Gasteiger partial charge in [0, 0.05) is 17.4 Å². The molecule has 4 aromatic rings. The van der Waals surface area contributed by atoms with E-state index in [4.69, 9.17) is 9.47 Å². The molecule has 0 unspecified atom stereocenters. The summed E-state index contributed by atoms with van der Waals surface area (Å²) in [5.41, 5.74) is 7.92. The number of ether oxygens (including phenoxy) is 2. The lowest BCUT2D eigenvalue weighted by Gasteiger charge is -2.72. The number of esters is 2. The van der Waals surface area contributed by atoms with Gasteiger partial charge in [-0.05, 0) is 266 Å². The van der Waals surface area contributed by atoms with Crippen LogP contribution in [0.15, 0.2) is 114 Å². The number of aliphatic hydroxyl groups excluding tert-OH is 2. The summed E-state index contributed by atoms with van der Waals surface area (Å²) >= 11 is 0. The maximum absolute atomic E-state index is 15.3. The normalized spacial score (nSPS) is 43.2. The number of carbonyl (C=O) groups excluding carboxylic acids is 2. The molecule has 0 radical (unpaired) electrons. The fourth-order valence-electron chi connectivity index (χ4n) is 27.6. The summed E-state index contributed by atoms with van der Waals surface area (Å²) in [5.74, 6) is 2.23. The van der Waals surface area contributed by atoms with Crippen molar-refractivity contribution in [3.8, 4) is 0 Å². The van der Waals surface area contributed by atoms with Crippen molar-refractivity contribution >= 4 is 22.7 Å². The third-order valence-electron chi connectivity index (χ3n) is 30.7. The largest absolute Gasteiger partial charge is 0.462 e. The first-order valence-corrected chi connectivity index (χ1v) is 37.2. The SMILES string of the molecule is C[C@H](CCCc1ccccc1)CC[C@H](O)[C@]12[C@@H](O)CC[C@@](C)([C@H]3C[C@@H]4c5cccc6ccc7c(c56)[C@H]5[C@H](C[C@@]6(c8ccccc8)CCCC[C@H]76)[C@@]67CC[C@]8(CCC[C@H]8CC8=C[C@@H]3C[C@]45[C@@H]86)C7)[C@@H]1[C@H](OC(=O)C1CCCCC1)C[C@@H](C)[C@]2(O)CCC1=CC(=O)OC1. The highest BCUT2D eigenvalue weighted by Gasteiger charge is 2.81. The van der Waals surface area contributed by atoms with E-state index in [1.54, 1.807) is 33.7 Å². The molecule has 13 aliphatic rings. The lowest BCUT2D eigenvalue weighted by Crippen LogP contribution is -2.77. The van der Waals surface area contributed by atoms with Crippen LogP contribution >= 0.6 is 0 Å². The zero-order chi connectivity index (χ0) is 61.2. The van der Waals surface area contributed by atoms with Gasteiger partial charge in [0.2, 0.25) is 0 Å². The third kappa shape index (κ3) is 8.30. The predicted octanol–water partition coefficient (Wildman–Crippen LogP) is 17.7. The highest BCUT2D eigenvalue weighted by atomic mass is 16.5. The summed E-state index contributed by atoms with van der Waals surface area (Å²) in [7, 11) is 0. The molecule has 1 heterocycles. The lowest BCUT2D eigenvalue weighted by atomic mass is 9.34. The van der Waals surface area contributed by atoms with Gasteiger partial charge in [-0.2, -0.15) is 0 Å². The Morgan fingerprint density at radius 1 is 0.767 bits per heavy atom. The highest BCUT2D eigenvalue weighted by Crippen LogP contribution is 2.88. The fourth-order valence-corrected chi connectivity index (χ4v) is 27.6. The zero-order valence-corrected chi connectivity index (χ0v) is 54.7. The van der Waals surface area contributed by atoms with Gasteiger partial charge >= 0.3 is 11.9 Å². The summed E-state index contributed by atoms with van der Waals surface area (Å²) in [5, 5.41) is 45.7. The topological polar surface area (TPSA) is 113 Å². The van der Waals surface area contributed by atoms with E-state index in [0.717, 1.165) is 88.5 Å². The van der Waals surface area contributed by atoms with Gasteiger partial charge in [-0.15, -0.1) is 0 Å². The van der Waals surface area contributed by atoms with Gasteiger partial charge in [-0.25, -0.2) is 4.79 Å². The Labute approximate surface area is 537 Å². The first kappa shape index (κ1) is 59.2. The molecule has 12 aliphatic carbocycles. The summed E-state index contributed by atoms with van der Waals surface area (Å²) < 4.78 is 12.9. The predicted molar refractivity (Wildman–Crippen MR) is 354 cm³/mol. The molecule has 0 amide bonds. The minimum absolute atomic E-state index is 0.0454. The Morgan fingerprint density at radius 2 is 1.58 bits per heavy atom. The zero-order valence-electron chi connectivity index (χ0n) is 54.7. The Balaban J connectivity index is 0.846. The summed E-state index contributed by atoms with van der Waals surface area (Å²) in [4.78, 5) is 28.1. The average Bonchev–Trinajstić information content (AvgIpc) is 1.42. The van der Waals surface area contributed by atoms with Gasteiger partial charge in [-0.3, -0.25) is 4.79 Å². The maximum Gasteiger partial charge on any atom is 0.331 e. The minimum Gasteiger partial charge on any atom is -0.462 e. The Hall–Kier alpha value is -4.56. The molecule has 3 spiro atoms. The fraction of sp³-hybridized carbons (Fsp3) is 0.663. The molecule has 7 nitrogen and oxygen atoms in total. The molecule has 478 valence electrons. The number of aryl methyl sites for hydroxylation is 1. The number of allylic oxidation sites excluding steroid dienone is 2. The van der Waals surface area contributed by atoms with Gasteiger partial charge < -0.3 is 24.8 Å². The van der Waals surface area contributed by atoms with Crippen LogP contribution in [-0.2, 0) is 30.9 Å². The van der Waals surface area contributed by atoms with Gasteiger partial charge in [0.1, 0.15) is 12.7 Å². The van der Waals surface area contributed by atoms with E-state index in [-0.39, 0.29) is 59.0 Å². The van der Waals surface area contributed by atoms with Gasteiger partial charge in [0.25, 0.3) is 0 Å². The second-order valence-corrected chi connectivity index (χ2v) is 34.1. The van der Waals surface area contributed by atoms with Crippen molar-refractivity contribution in [2.45, 2.75) is 254 Å². The highest BCUT2D eigenvalue weighted by molar-refractivity contribution is 5.93. The number of aliphatic hydroxyl groups is 3. The molecule has 0 aromatic heterocycles. The van der Waals surface area contributed by atoms with Crippen LogP contribution in [-0.4, -0.2) is 57.8 Å². The molecule has 17 rings (SSSR count). The maximum atomic E-state index is 15.3. The van der Waals surface area contributed by atoms with Crippen LogP contribution in [0, 0.1) is 80.3 Å². The van der Waals surface area contributed by atoms with Crippen LogP contribution in [0.1, 0.15) is 246 Å². The minimum atomic E-state index is -1.57. The van der Waals surface area contributed by atoms with Crippen molar-refractivity contribution in [2.24, 2.45) is 80.3 Å². The van der Waals surface area contributed by atoms with Crippen LogP contribution in [0.4, 0.5) is 0 Å². The Bertz CT molecular complexity index is 3510. The van der Waals surface area contributed by atoms with E-state index in [1.165, 1.54) is 88.0 Å². The molecule has 3 N–H and O–H groups in total. The smallest absolute Gasteiger partial charge is 0.331 e. The molecule has 4 bridgehead atoms. The summed E-state index contributed by atoms with van der Waals surface area (Å²) in [6.07, 6.45) is 31.5. The molecule has 0 saturated heterocycles. The Morgan fingerprint density at radius 3 is 2.39 bits per heavy atom. The molecule has 4 aromatic carbocycles. The van der Waals surface area contributed by atoms with Crippen molar-refractivity contribution in [2.75, 3.05) is 6.61 Å². The molecular weight excluding hydrogens is 1110 g/mol. The van der Waals surface area contributed by atoms with E-state index in [0.29, 0.717) is 66.6 Å². The average molecular weight is 1210 g/mol. The number of cyclic esters (lactones) is 1. The Kier molecular flexibility index (Phi) is 14.3. The molecule has 21 atom stereocenters. The molecular formula is C83H104O7. The van der Waals surface area contributed by atoms with E-state index in [2.05, 4.69) is 118 Å². The van der Waals surface area contributed by atoms with E-state index < -0.39 is 46.6 Å². The van der Waals surface area contributed by atoms with Crippen LogP contribution in [0.25, 0.3) is 10.8 Å². The standard InChI is InChI=1S/C83H104O7/c1-51(18-15-21-53-19-7-4-8-20-53)30-33-68(84)83-69(85)35-38-77(3,75(83)67(90-76(87)56-22-9-5-10-23-56)42-52(2)82(83,88)39-34-54-43-70(86)89-49-54)64-46-65-61-28-16-24-55-31-32-62-63-29-13-14-37-79(63,59-25-11-6-12-26-59)48-66-73(72(62)71(55)61)81(65)47-58(64)44-57-45-60-27-17-36-78(60)40-41-80(66,50-78)74(57)81/h4,6-8,11-12,16,19-20,24-26,28,31-32,43-44,51-52,56,58,60,63-69,73-75,84-85,88H,5,9-10,13-15,17-18,21-23,27,29-30,33-42,45-50H2,1-3H3/t51-,52-,58-,60+,63-,64+,65-,66+,67-,68+,69+,73-,74+,75+,77+,78-,79-,80+,81+,82-,83+/m1/s1. The second-order valence-electron chi connectivity index (χ2n) is 34.1. The van der Waals surface area contributed by atoms with Crippen molar-refractivity contribution in [1.29, 1.82) is 0 Å². The molecule has 9 saturated carbocycles. The molecule has 7 heteroatoms.